The predicted molar refractivity (Wildman–Crippen MR) is 64.5 cm³/mol. The zero-order valence-corrected chi connectivity index (χ0v) is 9.64. The summed E-state index contributed by atoms with van der Waals surface area (Å²) in [7, 11) is 0. The van der Waals surface area contributed by atoms with Gasteiger partial charge in [-0.05, 0) is 31.9 Å². The summed E-state index contributed by atoms with van der Waals surface area (Å²) in [5.41, 5.74) is 7.69. The molecule has 0 aliphatic rings. The first kappa shape index (κ1) is 10.9. The van der Waals surface area contributed by atoms with Gasteiger partial charge in [-0.25, -0.2) is 4.52 Å². The fraction of sp³-hybridized carbons (Fsp3) is 0.455. The van der Waals surface area contributed by atoms with Crippen LogP contribution < -0.4 is 11.1 Å². The molecule has 0 bridgehead atoms. The lowest BCUT2D eigenvalue weighted by atomic mass is 10.2. The molecule has 2 heterocycles. The molecule has 0 fully saturated rings. The molecule has 1 atom stereocenters. The van der Waals surface area contributed by atoms with Gasteiger partial charge in [-0.3, -0.25) is 0 Å². The molecule has 16 heavy (non-hydrogen) atoms. The Hall–Kier alpha value is -1.62. The number of aryl methyl sites for hydroxylation is 1. The molecule has 5 heteroatoms. The van der Waals surface area contributed by atoms with E-state index in [2.05, 4.69) is 15.4 Å². The van der Waals surface area contributed by atoms with Gasteiger partial charge in [0.1, 0.15) is 0 Å². The van der Waals surface area contributed by atoms with Gasteiger partial charge in [0.2, 0.25) is 5.95 Å². The standard InChI is InChI=1S/C11H17N5/c1-8-3-4-10-14-11(15-16(10)7-8)13-6-5-9(2)12/h3-4,7,9H,5-6,12H2,1-2H3,(H,13,15). The van der Waals surface area contributed by atoms with Crippen LogP contribution in [0.3, 0.4) is 0 Å². The van der Waals surface area contributed by atoms with E-state index >= 15 is 0 Å². The van der Waals surface area contributed by atoms with E-state index in [1.807, 2.05) is 32.2 Å². The van der Waals surface area contributed by atoms with E-state index in [1.165, 1.54) is 5.56 Å². The first-order valence-electron chi connectivity index (χ1n) is 5.47. The van der Waals surface area contributed by atoms with E-state index in [9.17, 15) is 0 Å². The highest BCUT2D eigenvalue weighted by Gasteiger charge is 2.02. The van der Waals surface area contributed by atoms with Gasteiger partial charge >= 0.3 is 0 Å². The molecule has 3 N–H and O–H groups in total. The predicted octanol–water partition coefficient (Wildman–Crippen LogP) is 1.19. The molecule has 86 valence electrons. The van der Waals surface area contributed by atoms with Crippen LogP contribution in [0.5, 0.6) is 0 Å². The normalized spacial score (nSPS) is 12.9. The van der Waals surface area contributed by atoms with Crippen molar-refractivity contribution in [2.45, 2.75) is 26.3 Å². The molecule has 5 nitrogen and oxygen atoms in total. The van der Waals surface area contributed by atoms with E-state index in [1.54, 1.807) is 4.52 Å². The van der Waals surface area contributed by atoms with Crippen LogP contribution in [0.15, 0.2) is 18.3 Å². The minimum Gasteiger partial charge on any atom is -0.353 e. The summed E-state index contributed by atoms with van der Waals surface area (Å²) in [6.45, 7) is 4.82. The Kier molecular flexibility index (Phi) is 3.05. The third-order valence-electron chi connectivity index (χ3n) is 2.36. The monoisotopic (exact) mass is 219 g/mol. The lowest BCUT2D eigenvalue weighted by molar-refractivity contribution is 0.688. The van der Waals surface area contributed by atoms with Crippen LogP contribution >= 0.6 is 0 Å². The van der Waals surface area contributed by atoms with Crippen molar-refractivity contribution in [3.63, 3.8) is 0 Å². The highest BCUT2D eigenvalue weighted by Crippen LogP contribution is 2.06. The van der Waals surface area contributed by atoms with Gasteiger partial charge in [-0.1, -0.05) is 6.07 Å². The second-order valence-corrected chi connectivity index (χ2v) is 4.14. The lowest BCUT2D eigenvalue weighted by Crippen LogP contribution is -2.19. The molecule has 2 aromatic heterocycles. The average molecular weight is 219 g/mol. The van der Waals surface area contributed by atoms with Crippen molar-refractivity contribution < 1.29 is 0 Å². The molecule has 0 aliphatic carbocycles. The summed E-state index contributed by atoms with van der Waals surface area (Å²) in [6.07, 6.45) is 2.87. The Morgan fingerprint density at radius 3 is 3.06 bits per heavy atom. The number of rotatable bonds is 4. The van der Waals surface area contributed by atoms with E-state index < -0.39 is 0 Å². The Balaban J connectivity index is 2.08. The molecule has 0 saturated heterocycles. The fourth-order valence-electron chi connectivity index (χ4n) is 1.47. The van der Waals surface area contributed by atoms with Gasteiger partial charge in [0, 0.05) is 18.8 Å². The van der Waals surface area contributed by atoms with Gasteiger partial charge in [0.25, 0.3) is 0 Å². The minimum atomic E-state index is 0.201. The summed E-state index contributed by atoms with van der Waals surface area (Å²) >= 11 is 0. The quantitative estimate of drug-likeness (QED) is 0.810. The minimum absolute atomic E-state index is 0.201. The topological polar surface area (TPSA) is 68.2 Å². The molecule has 0 spiro atoms. The molecule has 0 radical (unpaired) electrons. The van der Waals surface area contributed by atoms with Crippen molar-refractivity contribution in [1.29, 1.82) is 0 Å². The molecule has 1 unspecified atom stereocenters. The van der Waals surface area contributed by atoms with Gasteiger partial charge < -0.3 is 11.1 Å². The van der Waals surface area contributed by atoms with E-state index in [4.69, 9.17) is 5.73 Å². The maximum Gasteiger partial charge on any atom is 0.243 e. The smallest absolute Gasteiger partial charge is 0.243 e. The number of pyridine rings is 1. The SMILES string of the molecule is Cc1ccc2nc(NCCC(C)N)nn2c1. The average Bonchev–Trinajstić information content (AvgIpc) is 2.58. The van der Waals surface area contributed by atoms with Crippen LogP contribution in [0.4, 0.5) is 5.95 Å². The van der Waals surface area contributed by atoms with Crippen molar-refractivity contribution in [2.24, 2.45) is 5.73 Å². The van der Waals surface area contributed by atoms with Crippen LogP contribution in [0.25, 0.3) is 5.65 Å². The Morgan fingerprint density at radius 2 is 2.31 bits per heavy atom. The zero-order chi connectivity index (χ0) is 11.5. The molecule has 0 saturated carbocycles. The third kappa shape index (κ3) is 2.49. The molecular weight excluding hydrogens is 202 g/mol. The molecular formula is C11H17N5. The number of aromatic nitrogens is 3. The number of hydrogen-bond acceptors (Lipinski definition) is 4. The number of fused-ring (bicyclic) bond motifs is 1. The number of nitrogens with two attached hydrogens (primary N) is 1. The lowest BCUT2D eigenvalue weighted by Gasteiger charge is -2.03. The number of anilines is 1. The first-order chi connectivity index (χ1) is 7.65. The summed E-state index contributed by atoms with van der Waals surface area (Å²) in [5, 5.41) is 7.49. The van der Waals surface area contributed by atoms with Crippen LogP contribution in [-0.2, 0) is 0 Å². The van der Waals surface area contributed by atoms with Crippen molar-refractivity contribution in [1.82, 2.24) is 14.6 Å². The van der Waals surface area contributed by atoms with Gasteiger partial charge in [-0.2, -0.15) is 4.98 Å². The van der Waals surface area contributed by atoms with Gasteiger partial charge in [0.15, 0.2) is 5.65 Å². The second-order valence-electron chi connectivity index (χ2n) is 4.14. The summed E-state index contributed by atoms with van der Waals surface area (Å²) in [5.74, 6) is 0.659. The Bertz CT molecular complexity index is 474. The van der Waals surface area contributed by atoms with E-state index in [-0.39, 0.29) is 6.04 Å². The molecule has 2 aromatic rings. The maximum absolute atomic E-state index is 5.67. The molecule has 0 aromatic carbocycles. The van der Waals surface area contributed by atoms with Gasteiger partial charge in [-0.15, -0.1) is 5.10 Å². The van der Waals surface area contributed by atoms with Crippen LogP contribution in [0.2, 0.25) is 0 Å². The molecule has 2 rings (SSSR count). The molecule has 0 amide bonds. The highest BCUT2D eigenvalue weighted by molar-refractivity contribution is 5.43. The largest absolute Gasteiger partial charge is 0.353 e. The summed E-state index contributed by atoms with van der Waals surface area (Å²) < 4.78 is 1.78. The zero-order valence-electron chi connectivity index (χ0n) is 9.64. The van der Waals surface area contributed by atoms with Crippen molar-refractivity contribution in [3.8, 4) is 0 Å². The summed E-state index contributed by atoms with van der Waals surface area (Å²) in [6, 6.07) is 4.18. The second kappa shape index (κ2) is 4.49. The van der Waals surface area contributed by atoms with Crippen molar-refractivity contribution in [2.75, 3.05) is 11.9 Å². The number of nitrogens with one attached hydrogen (secondary N) is 1. The highest BCUT2D eigenvalue weighted by atomic mass is 15.3. The van der Waals surface area contributed by atoms with Crippen molar-refractivity contribution in [3.05, 3.63) is 23.9 Å². The van der Waals surface area contributed by atoms with E-state index in [0.717, 1.165) is 18.6 Å². The Labute approximate surface area is 94.7 Å². The maximum atomic E-state index is 5.67. The molecule has 0 aliphatic heterocycles. The fourth-order valence-corrected chi connectivity index (χ4v) is 1.47. The van der Waals surface area contributed by atoms with E-state index in [0.29, 0.717) is 5.95 Å². The third-order valence-corrected chi connectivity index (χ3v) is 2.36. The van der Waals surface area contributed by atoms with Gasteiger partial charge in [0.05, 0.1) is 0 Å². The number of hydrogen-bond donors (Lipinski definition) is 2. The van der Waals surface area contributed by atoms with Crippen molar-refractivity contribution >= 4 is 11.6 Å². The summed E-state index contributed by atoms with van der Waals surface area (Å²) in [4.78, 5) is 4.35. The van der Waals surface area contributed by atoms with Crippen LogP contribution in [0, 0.1) is 6.92 Å². The van der Waals surface area contributed by atoms with Crippen LogP contribution in [-0.4, -0.2) is 27.2 Å². The number of nitrogens with zero attached hydrogens (tertiary/aromatic N) is 3. The first-order valence-corrected chi connectivity index (χ1v) is 5.47. The van der Waals surface area contributed by atoms with Crippen LogP contribution in [0.1, 0.15) is 18.9 Å². The Morgan fingerprint density at radius 1 is 1.50 bits per heavy atom.